The molecule has 0 radical (unpaired) electrons. The number of hydrogen-bond donors (Lipinski definition) is 2. The second-order valence-corrected chi connectivity index (χ2v) is 7.85. The molecule has 0 heterocycles. The minimum absolute atomic E-state index is 0.281. The fourth-order valence-corrected chi connectivity index (χ4v) is 4.04. The summed E-state index contributed by atoms with van der Waals surface area (Å²) in [5, 5.41) is 3.28. The average molecular weight is 280 g/mol. The molecule has 3 nitrogen and oxygen atoms in total. The van der Waals surface area contributed by atoms with Crippen molar-refractivity contribution in [3.8, 4) is 0 Å². The summed E-state index contributed by atoms with van der Waals surface area (Å²) in [5.74, 6) is 1.58. The standard InChI is InChI=1S/C17H32N2O/c1-17(2)9-3-4-15(11-17)19-16(20)10-13-5-7-14(12-18)8-6-13/h13-15H,3-12,18H2,1-2H3,(H,19,20). The van der Waals surface area contributed by atoms with Crippen molar-refractivity contribution in [2.45, 2.75) is 77.7 Å². The van der Waals surface area contributed by atoms with Gasteiger partial charge in [0, 0.05) is 12.5 Å². The highest BCUT2D eigenvalue weighted by molar-refractivity contribution is 5.76. The van der Waals surface area contributed by atoms with Crippen LogP contribution >= 0.6 is 0 Å². The van der Waals surface area contributed by atoms with Crippen LogP contribution in [0.1, 0.15) is 71.6 Å². The number of hydrogen-bond acceptors (Lipinski definition) is 2. The van der Waals surface area contributed by atoms with E-state index in [1.165, 1.54) is 38.5 Å². The molecule has 20 heavy (non-hydrogen) atoms. The van der Waals surface area contributed by atoms with Crippen LogP contribution in [0.3, 0.4) is 0 Å². The molecule has 1 unspecified atom stereocenters. The molecule has 0 spiro atoms. The van der Waals surface area contributed by atoms with Crippen LogP contribution in [0.2, 0.25) is 0 Å². The number of carbonyl (C=O) groups is 1. The number of amides is 1. The Hall–Kier alpha value is -0.570. The summed E-state index contributed by atoms with van der Waals surface area (Å²) in [6.45, 7) is 5.45. The van der Waals surface area contributed by atoms with Gasteiger partial charge in [-0.1, -0.05) is 20.3 Å². The van der Waals surface area contributed by atoms with Gasteiger partial charge in [0.2, 0.25) is 5.91 Å². The second-order valence-electron chi connectivity index (χ2n) is 7.85. The summed E-state index contributed by atoms with van der Waals surface area (Å²) in [6.07, 6.45) is 10.4. The molecule has 0 aromatic carbocycles. The summed E-state index contributed by atoms with van der Waals surface area (Å²) in [5.41, 5.74) is 6.12. The zero-order chi connectivity index (χ0) is 14.6. The lowest BCUT2D eigenvalue weighted by molar-refractivity contribution is -0.123. The Morgan fingerprint density at radius 2 is 1.80 bits per heavy atom. The van der Waals surface area contributed by atoms with Gasteiger partial charge in [-0.05, 0) is 68.7 Å². The minimum Gasteiger partial charge on any atom is -0.353 e. The summed E-state index contributed by atoms with van der Waals surface area (Å²) in [6, 6.07) is 0.409. The molecule has 3 heteroatoms. The van der Waals surface area contributed by atoms with Crippen molar-refractivity contribution in [1.82, 2.24) is 5.32 Å². The van der Waals surface area contributed by atoms with Crippen molar-refractivity contribution in [3.63, 3.8) is 0 Å². The molecule has 0 bridgehead atoms. The van der Waals surface area contributed by atoms with Crippen LogP contribution in [0.25, 0.3) is 0 Å². The zero-order valence-corrected chi connectivity index (χ0v) is 13.3. The summed E-state index contributed by atoms with van der Waals surface area (Å²) < 4.78 is 0. The normalized spacial score (nSPS) is 33.6. The molecule has 3 N–H and O–H groups in total. The molecule has 1 atom stereocenters. The number of nitrogens with one attached hydrogen (secondary N) is 1. The molecular formula is C17H32N2O. The van der Waals surface area contributed by atoms with Gasteiger partial charge in [0.25, 0.3) is 0 Å². The molecular weight excluding hydrogens is 248 g/mol. The maximum Gasteiger partial charge on any atom is 0.220 e. The Labute approximate surface area is 124 Å². The molecule has 0 saturated heterocycles. The van der Waals surface area contributed by atoms with E-state index < -0.39 is 0 Å². The van der Waals surface area contributed by atoms with Crippen molar-refractivity contribution in [1.29, 1.82) is 0 Å². The van der Waals surface area contributed by atoms with Gasteiger partial charge in [0.1, 0.15) is 0 Å². The Balaban J connectivity index is 1.70. The van der Waals surface area contributed by atoms with Crippen LogP contribution in [0.15, 0.2) is 0 Å². The van der Waals surface area contributed by atoms with Crippen LogP contribution < -0.4 is 11.1 Å². The Morgan fingerprint density at radius 3 is 2.40 bits per heavy atom. The van der Waals surface area contributed by atoms with E-state index in [0.29, 0.717) is 23.3 Å². The topological polar surface area (TPSA) is 55.1 Å². The third-order valence-corrected chi connectivity index (χ3v) is 5.34. The van der Waals surface area contributed by atoms with E-state index in [0.717, 1.165) is 25.8 Å². The third kappa shape index (κ3) is 4.76. The molecule has 2 saturated carbocycles. The van der Waals surface area contributed by atoms with Crippen LogP contribution in [0.4, 0.5) is 0 Å². The molecule has 0 aromatic heterocycles. The highest BCUT2D eigenvalue weighted by Crippen LogP contribution is 2.35. The Bertz CT molecular complexity index is 319. The van der Waals surface area contributed by atoms with Gasteiger partial charge >= 0.3 is 0 Å². The van der Waals surface area contributed by atoms with Gasteiger partial charge in [-0.3, -0.25) is 4.79 Å². The quantitative estimate of drug-likeness (QED) is 0.830. The third-order valence-electron chi connectivity index (χ3n) is 5.34. The van der Waals surface area contributed by atoms with Crippen molar-refractivity contribution < 1.29 is 4.79 Å². The maximum absolute atomic E-state index is 12.2. The average Bonchev–Trinajstić information content (AvgIpc) is 2.38. The maximum atomic E-state index is 12.2. The van der Waals surface area contributed by atoms with E-state index in [1.807, 2.05) is 0 Å². The first-order valence-electron chi connectivity index (χ1n) is 8.48. The first-order valence-corrected chi connectivity index (χ1v) is 8.48. The van der Waals surface area contributed by atoms with Crippen molar-refractivity contribution in [2.24, 2.45) is 23.0 Å². The molecule has 2 aliphatic carbocycles. The lowest BCUT2D eigenvalue weighted by atomic mass is 9.75. The van der Waals surface area contributed by atoms with Gasteiger partial charge in [0.05, 0.1) is 0 Å². The van der Waals surface area contributed by atoms with Crippen LogP contribution in [0.5, 0.6) is 0 Å². The molecule has 116 valence electrons. The van der Waals surface area contributed by atoms with Gasteiger partial charge in [-0.25, -0.2) is 0 Å². The van der Waals surface area contributed by atoms with E-state index in [-0.39, 0.29) is 5.91 Å². The predicted octanol–water partition coefficient (Wildman–Crippen LogP) is 3.23. The van der Waals surface area contributed by atoms with E-state index >= 15 is 0 Å². The van der Waals surface area contributed by atoms with Crippen molar-refractivity contribution in [2.75, 3.05) is 6.54 Å². The summed E-state index contributed by atoms with van der Waals surface area (Å²) in [4.78, 5) is 12.2. The smallest absolute Gasteiger partial charge is 0.220 e. The predicted molar refractivity (Wildman–Crippen MR) is 83.3 cm³/mol. The number of nitrogens with two attached hydrogens (primary N) is 1. The highest BCUT2D eigenvalue weighted by atomic mass is 16.1. The molecule has 2 rings (SSSR count). The van der Waals surface area contributed by atoms with Gasteiger partial charge in [-0.2, -0.15) is 0 Å². The lowest BCUT2D eigenvalue weighted by Gasteiger charge is -2.36. The van der Waals surface area contributed by atoms with Gasteiger partial charge in [0.15, 0.2) is 0 Å². The Morgan fingerprint density at radius 1 is 1.15 bits per heavy atom. The van der Waals surface area contributed by atoms with Crippen LogP contribution in [-0.4, -0.2) is 18.5 Å². The summed E-state index contributed by atoms with van der Waals surface area (Å²) in [7, 11) is 0. The summed E-state index contributed by atoms with van der Waals surface area (Å²) >= 11 is 0. The first-order chi connectivity index (χ1) is 9.48. The molecule has 0 aromatic rings. The molecule has 0 aliphatic heterocycles. The highest BCUT2D eigenvalue weighted by Gasteiger charge is 2.29. The fourth-order valence-electron chi connectivity index (χ4n) is 4.04. The van der Waals surface area contributed by atoms with E-state index in [4.69, 9.17) is 5.73 Å². The minimum atomic E-state index is 0.281. The Kier molecular flexibility index (Phi) is 5.48. The van der Waals surface area contributed by atoms with Crippen LogP contribution in [-0.2, 0) is 4.79 Å². The fraction of sp³-hybridized carbons (Fsp3) is 0.941. The zero-order valence-electron chi connectivity index (χ0n) is 13.3. The second kappa shape index (κ2) is 6.93. The molecule has 1 amide bonds. The van der Waals surface area contributed by atoms with Crippen molar-refractivity contribution in [3.05, 3.63) is 0 Å². The SMILES string of the molecule is CC1(C)CCCC(NC(=O)CC2CCC(CN)CC2)C1. The van der Waals surface area contributed by atoms with Crippen LogP contribution in [0, 0.1) is 17.3 Å². The van der Waals surface area contributed by atoms with Gasteiger partial charge < -0.3 is 11.1 Å². The monoisotopic (exact) mass is 280 g/mol. The molecule has 2 aliphatic rings. The molecule has 2 fully saturated rings. The van der Waals surface area contributed by atoms with E-state index in [1.54, 1.807) is 0 Å². The van der Waals surface area contributed by atoms with E-state index in [9.17, 15) is 4.79 Å². The largest absolute Gasteiger partial charge is 0.353 e. The van der Waals surface area contributed by atoms with Crippen molar-refractivity contribution >= 4 is 5.91 Å². The lowest BCUT2D eigenvalue weighted by Crippen LogP contribution is -2.41. The number of rotatable bonds is 4. The first kappa shape index (κ1) is 15.8. The van der Waals surface area contributed by atoms with Gasteiger partial charge in [-0.15, -0.1) is 0 Å². The number of carbonyl (C=O) groups excluding carboxylic acids is 1. The van der Waals surface area contributed by atoms with E-state index in [2.05, 4.69) is 19.2 Å².